The van der Waals surface area contributed by atoms with Crippen LogP contribution in [0.4, 0.5) is 13.2 Å². The van der Waals surface area contributed by atoms with E-state index >= 15 is 0 Å². The Kier molecular flexibility index (Phi) is 4.14. The smallest absolute Gasteiger partial charge is 0.385 e. The van der Waals surface area contributed by atoms with Gasteiger partial charge in [-0.3, -0.25) is 14.9 Å². The topological polar surface area (TPSA) is 90.9 Å². The molecule has 30 heavy (non-hydrogen) atoms. The monoisotopic (exact) mass is 436 g/mol. The fraction of sp³-hybridized carbons (Fsp3) is 0.350. The average molecular weight is 437 g/mol. The molecule has 0 aliphatic heterocycles. The van der Waals surface area contributed by atoms with Crippen LogP contribution in [0.15, 0.2) is 36.8 Å². The minimum atomic E-state index is -4.56. The number of nitrogens with zero attached hydrogens (tertiary/aromatic N) is 2. The molecular formula is C20H16ClF3N4O2. The number of aromatic nitrogens is 3. The van der Waals surface area contributed by atoms with Crippen LogP contribution < -0.4 is 5.32 Å². The second kappa shape index (κ2) is 6.42. The lowest BCUT2D eigenvalue weighted by Crippen LogP contribution is -2.33. The first-order valence-electron chi connectivity index (χ1n) is 9.34. The molecule has 4 atom stereocenters. The number of H-pyrrole nitrogens is 1. The molecule has 2 aliphatic carbocycles. The van der Waals surface area contributed by atoms with Crippen molar-refractivity contribution in [3.8, 4) is 0 Å². The quantitative estimate of drug-likeness (QED) is 0.584. The Hall–Kier alpha value is -2.65. The zero-order valence-corrected chi connectivity index (χ0v) is 16.1. The van der Waals surface area contributed by atoms with E-state index in [1.165, 1.54) is 0 Å². The number of amides is 1. The average Bonchev–Trinajstić information content (AvgIpc) is 3.03. The van der Waals surface area contributed by atoms with E-state index < -0.39 is 23.2 Å². The minimum Gasteiger partial charge on any atom is -0.385 e. The maximum absolute atomic E-state index is 12.8. The molecule has 6 nitrogen and oxygen atoms in total. The summed E-state index contributed by atoms with van der Waals surface area (Å²) in [7, 11) is 0. The first-order chi connectivity index (χ1) is 14.2. The van der Waals surface area contributed by atoms with Crippen molar-refractivity contribution in [2.75, 3.05) is 0 Å². The summed E-state index contributed by atoms with van der Waals surface area (Å²) in [5.74, 6) is -0.520. The van der Waals surface area contributed by atoms with Gasteiger partial charge in [0.1, 0.15) is 0 Å². The number of rotatable bonds is 3. The molecule has 2 aromatic heterocycles. The number of hydrogen-bond donors (Lipinski definition) is 3. The van der Waals surface area contributed by atoms with Crippen molar-refractivity contribution < 1.29 is 23.1 Å². The molecule has 5 rings (SSSR count). The van der Waals surface area contributed by atoms with Gasteiger partial charge in [0.15, 0.2) is 0 Å². The number of halogens is 4. The number of benzene rings is 1. The molecule has 0 bridgehead atoms. The lowest BCUT2D eigenvalue weighted by Gasteiger charge is -2.27. The Morgan fingerprint density at radius 3 is 2.63 bits per heavy atom. The number of alkyl halides is 3. The summed E-state index contributed by atoms with van der Waals surface area (Å²) in [6.07, 6.45) is -0.284. The van der Waals surface area contributed by atoms with Crippen LogP contribution in [0.5, 0.6) is 0 Å². The molecule has 2 aliphatic rings. The molecule has 1 aromatic carbocycles. The number of fused-ring (bicyclic) bond motifs is 2. The highest BCUT2D eigenvalue weighted by molar-refractivity contribution is 6.31. The van der Waals surface area contributed by atoms with Gasteiger partial charge >= 0.3 is 6.18 Å². The summed E-state index contributed by atoms with van der Waals surface area (Å²) in [4.78, 5) is 15.9. The van der Waals surface area contributed by atoms with Gasteiger partial charge < -0.3 is 10.4 Å². The molecule has 0 radical (unpaired) electrons. The van der Waals surface area contributed by atoms with Gasteiger partial charge in [0.2, 0.25) is 0 Å². The van der Waals surface area contributed by atoms with E-state index in [0.717, 1.165) is 23.2 Å². The molecule has 156 valence electrons. The van der Waals surface area contributed by atoms with E-state index in [9.17, 15) is 23.1 Å². The number of pyridine rings is 1. The van der Waals surface area contributed by atoms with Crippen molar-refractivity contribution >= 4 is 28.4 Å². The number of hydrogen-bond acceptors (Lipinski definition) is 4. The maximum Gasteiger partial charge on any atom is 0.417 e. The van der Waals surface area contributed by atoms with E-state index in [-0.39, 0.29) is 23.4 Å². The molecule has 0 spiro atoms. The van der Waals surface area contributed by atoms with Crippen molar-refractivity contribution in [1.29, 1.82) is 0 Å². The van der Waals surface area contributed by atoms with Crippen molar-refractivity contribution in [3.63, 3.8) is 0 Å². The predicted octanol–water partition coefficient (Wildman–Crippen LogP) is 3.66. The van der Waals surface area contributed by atoms with Crippen LogP contribution in [0.1, 0.15) is 34.3 Å². The lowest BCUT2D eigenvalue weighted by molar-refractivity contribution is -0.137. The van der Waals surface area contributed by atoms with Crippen LogP contribution in [0.2, 0.25) is 5.02 Å². The van der Waals surface area contributed by atoms with Gasteiger partial charge in [-0.05, 0) is 48.4 Å². The van der Waals surface area contributed by atoms with Crippen LogP contribution in [0, 0.1) is 11.8 Å². The van der Waals surface area contributed by atoms with Crippen LogP contribution >= 0.6 is 11.6 Å². The van der Waals surface area contributed by atoms with Crippen molar-refractivity contribution in [3.05, 3.63) is 58.5 Å². The number of aromatic amines is 1. The summed E-state index contributed by atoms with van der Waals surface area (Å²) < 4.78 is 38.5. The van der Waals surface area contributed by atoms with Gasteiger partial charge in [-0.25, -0.2) is 0 Å². The van der Waals surface area contributed by atoms with E-state index in [0.29, 0.717) is 29.6 Å². The predicted molar refractivity (Wildman–Crippen MR) is 102 cm³/mol. The third kappa shape index (κ3) is 3.13. The molecule has 10 heteroatoms. The highest BCUT2D eigenvalue weighted by atomic mass is 35.5. The fourth-order valence-electron chi connectivity index (χ4n) is 4.65. The van der Waals surface area contributed by atoms with Gasteiger partial charge in [0, 0.05) is 28.8 Å². The molecule has 3 aromatic rings. The van der Waals surface area contributed by atoms with E-state index in [2.05, 4.69) is 20.5 Å². The van der Waals surface area contributed by atoms with Gasteiger partial charge in [-0.15, -0.1) is 0 Å². The lowest BCUT2D eigenvalue weighted by atomic mass is 9.86. The van der Waals surface area contributed by atoms with Crippen LogP contribution in [0.3, 0.4) is 0 Å². The summed E-state index contributed by atoms with van der Waals surface area (Å²) >= 11 is 6.18. The van der Waals surface area contributed by atoms with Gasteiger partial charge in [-0.2, -0.15) is 18.3 Å². The molecule has 2 fully saturated rings. The SMILES string of the molecule is O=C(N[C@H]1[C@@H]2C[C@@](O)(c3cc(Cl)cc4[nH]ncc34)C[C@@H]21)c1cncc(C(F)(F)F)c1. The standard InChI is InChI=1S/C20H16ClF3N4O2/c21-11-2-15(14-8-26-28-16(14)3-11)19(30)4-12-13(5-19)17(12)27-18(29)9-1-10(7-25-6-9)20(22,23)24/h1-3,6-8,12-13,17,30H,4-5H2,(H,26,28)(H,27,29)/t12-,13+,17+,19+. The van der Waals surface area contributed by atoms with Crippen molar-refractivity contribution in [2.45, 2.75) is 30.7 Å². The Labute approximate surface area is 173 Å². The van der Waals surface area contributed by atoms with Gasteiger partial charge in [0.25, 0.3) is 5.91 Å². The molecule has 1 amide bonds. The Morgan fingerprint density at radius 1 is 1.20 bits per heavy atom. The zero-order chi connectivity index (χ0) is 21.3. The number of carbonyl (C=O) groups excluding carboxylic acids is 1. The fourth-order valence-corrected chi connectivity index (χ4v) is 4.87. The van der Waals surface area contributed by atoms with Crippen LogP contribution in [-0.4, -0.2) is 32.2 Å². The number of nitrogens with one attached hydrogen (secondary N) is 2. The Balaban J connectivity index is 1.30. The van der Waals surface area contributed by atoms with E-state index in [4.69, 9.17) is 11.6 Å². The molecule has 2 heterocycles. The van der Waals surface area contributed by atoms with Gasteiger partial charge in [-0.1, -0.05) is 11.6 Å². The van der Waals surface area contributed by atoms with Crippen LogP contribution in [-0.2, 0) is 11.8 Å². The first-order valence-corrected chi connectivity index (χ1v) is 9.72. The normalized spacial score (nSPS) is 27.8. The molecule has 3 N–H and O–H groups in total. The molecular weight excluding hydrogens is 421 g/mol. The van der Waals surface area contributed by atoms with E-state index in [1.807, 2.05) is 0 Å². The third-order valence-electron chi connectivity index (χ3n) is 6.13. The summed E-state index contributed by atoms with van der Waals surface area (Å²) in [5, 5.41) is 22.2. The highest BCUT2D eigenvalue weighted by Gasteiger charge is 2.62. The number of carbonyl (C=O) groups is 1. The molecule has 0 unspecified atom stereocenters. The second-order valence-corrected chi connectivity index (χ2v) is 8.45. The van der Waals surface area contributed by atoms with Crippen molar-refractivity contribution in [2.24, 2.45) is 11.8 Å². The Morgan fingerprint density at radius 2 is 1.93 bits per heavy atom. The number of aliphatic hydroxyl groups is 1. The third-order valence-corrected chi connectivity index (χ3v) is 6.35. The summed E-state index contributed by atoms with van der Waals surface area (Å²) in [5.41, 5.74) is -0.779. The van der Waals surface area contributed by atoms with Gasteiger partial charge in [0.05, 0.1) is 28.4 Å². The summed E-state index contributed by atoms with van der Waals surface area (Å²) in [6, 6.07) is 4.06. The second-order valence-electron chi connectivity index (χ2n) is 8.01. The maximum atomic E-state index is 12.8. The largest absolute Gasteiger partial charge is 0.417 e. The molecule has 2 saturated carbocycles. The van der Waals surface area contributed by atoms with E-state index in [1.54, 1.807) is 18.3 Å². The zero-order valence-electron chi connectivity index (χ0n) is 15.4. The Bertz CT molecular complexity index is 1150. The molecule has 0 saturated heterocycles. The van der Waals surface area contributed by atoms with Crippen molar-refractivity contribution in [1.82, 2.24) is 20.5 Å². The highest BCUT2D eigenvalue weighted by Crippen LogP contribution is 2.60. The van der Waals surface area contributed by atoms with Crippen LogP contribution in [0.25, 0.3) is 10.9 Å². The summed E-state index contributed by atoms with van der Waals surface area (Å²) in [6.45, 7) is 0. The minimum absolute atomic E-state index is 0.0404. The first kappa shape index (κ1) is 19.3.